The van der Waals surface area contributed by atoms with Gasteiger partial charge in [0.1, 0.15) is 5.58 Å². The van der Waals surface area contributed by atoms with Crippen LogP contribution in [0.3, 0.4) is 0 Å². The lowest BCUT2D eigenvalue weighted by atomic mass is 10.1. The van der Waals surface area contributed by atoms with E-state index in [0.29, 0.717) is 28.8 Å². The summed E-state index contributed by atoms with van der Waals surface area (Å²) in [6, 6.07) is 12.9. The minimum absolute atomic E-state index is 0.0358. The summed E-state index contributed by atoms with van der Waals surface area (Å²) in [6.07, 6.45) is 4.38. The molecule has 9 heteroatoms. The molecule has 0 radical (unpaired) electrons. The summed E-state index contributed by atoms with van der Waals surface area (Å²) in [4.78, 5) is 24.3. The Balaban J connectivity index is 1.70. The van der Waals surface area contributed by atoms with Gasteiger partial charge in [-0.25, -0.2) is 13.2 Å². The van der Waals surface area contributed by atoms with Crippen molar-refractivity contribution in [1.82, 2.24) is 0 Å². The molecule has 3 aromatic rings. The van der Waals surface area contributed by atoms with Gasteiger partial charge in [-0.2, -0.15) is 0 Å². The van der Waals surface area contributed by atoms with Crippen LogP contribution in [0.1, 0.15) is 39.0 Å². The average molecular weight is 456 g/mol. The third kappa shape index (κ3) is 4.62. The van der Waals surface area contributed by atoms with Gasteiger partial charge in [0.2, 0.25) is 5.91 Å². The molecule has 0 aliphatic heterocycles. The van der Waals surface area contributed by atoms with E-state index in [9.17, 15) is 18.0 Å². The molecule has 3 N–H and O–H groups in total. The molecule has 0 atom stereocenters. The first kappa shape index (κ1) is 21.9. The van der Waals surface area contributed by atoms with E-state index in [0.717, 1.165) is 25.7 Å². The van der Waals surface area contributed by atoms with Gasteiger partial charge in [0.25, 0.3) is 10.0 Å². The van der Waals surface area contributed by atoms with E-state index >= 15 is 0 Å². The normalized spacial score (nSPS) is 14.4. The smallest absolute Gasteiger partial charge is 0.363 e. The van der Waals surface area contributed by atoms with E-state index in [1.54, 1.807) is 25.1 Å². The number of sulfonamides is 1. The van der Waals surface area contributed by atoms with Gasteiger partial charge < -0.3 is 15.1 Å². The fourth-order valence-corrected chi connectivity index (χ4v) is 4.89. The van der Waals surface area contributed by atoms with Crippen molar-refractivity contribution in [2.75, 3.05) is 15.4 Å². The van der Waals surface area contributed by atoms with Gasteiger partial charge in [-0.3, -0.25) is 9.52 Å². The molecule has 0 spiro atoms. The van der Waals surface area contributed by atoms with E-state index in [1.807, 2.05) is 6.07 Å². The minimum atomic E-state index is -4.07. The number of benzene rings is 2. The molecule has 0 saturated heterocycles. The molecule has 1 aliphatic rings. The van der Waals surface area contributed by atoms with Crippen LogP contribution in [0.5, 0.6) is 0 Å². The lowest BCUT2D eigenvalue weighted by molar-refractivity contribution is -0.115. The van der Waals surface area contributed by atoms with E-state index in [2.05, 4.69) is 15.4 Å². The topological polar surface area (TPSA) is 118 Å². The number of hydrogen-bond acceptors (Lipinski definition) is 6. The lowest BCUT2D eigenvalue weighted by Gasteiger charge is -2.19. The zero-order chi connectivity index (χ0) is 22.7. The summed E-state index contributed by atoms with van der Waals surface area (Å²) >= 11 is 0. The minimum Gasteiger partial charge on any atom is -0.421 e. The first-order valence-electron chi connectivity index (χ1n) is 10.6. The average Bonchev–Trinajstić information content (AvgIpc) is 3.29. The first-order valence-corrected chi connectivity index (χ1v) is 12.1. The third-order valence-corrected chi connectivity index (χ3v) is 6.89. The number of carbonyl (C=O) groups excluding carboxylic acids is 1. The molecular weight excluding hydrogens is 430 g/mol. The summed E-state index contributed by atoms with van der Waals surface area (Å²) in [5.74, 6) is -0.171. The fraction of sp³-hybridized carbons (Fsp3) is 0.304. The molecule has 32 heavy (non-hydrogen) atoms. The Kier molecular flexibility index (Phi) is 6.18. The van der Waals surface area contributed by atoms with Crippen LogP contribution >= 0.6 is 0 Å². The van der Waals surface area contributed by atoms with E-state index < -0.39 is 15.6 Å². The van der Waals surface area contributed by atoms with Gasteiger partial charge in [0.05, 0.1) is 10.6 Å². The number of carbonyl (C=O) groups is 1. The van der Waals surface area contributed by atoms with Crippen molar-refractivity contribution in [2.45, 2.75) is 50.0 Å². The highest BCUT2D eigenvalue weighted by Gasteiger charge is 2.24. The number of rotatable bonds is 7. The molecule has 2 aromatic carbocycles. The van der Waals surface area contributed by atoms with E-state index in [4.69, 9.17) is 4.42 Å². The lowest BCUT2D eigenvalue weighted by Crippen LogP contribution is -2.23. The number of para-hydroxylation sites is 1. The monoisotopic (exact) mass is 455 g/mol. The van der Waals surface area contributed by atoms with Crippen molar-refractivity contribution in [1.29, 1.82) is 0 Å². The van der Waals surface area contributed by atoms with Crippen molar-refractivity contribution < 1.29 is 17.6 Å². The van der Waals surface area contributed by atoms with Crippen LogP contribution in [0.4, 0.5) is 17.1 Å². The Morgan fingerprint density at radius 3 is 2.41 bits per heavy atom. The molecule has 1 aromatic heterocycles. The highest BCUT2D eigenvalue weighted by molar-refractivity contribution is 7.92. The zero-order valence-corrected chi connectivity index (χ0v) is 18.5. The largest absolute Gasteiger partial charge is 0.421 e. The maximum Gasteiger partial charge on any atom is 0.363 e. The van der Waals surface area contributed by atoms with E-state index in [1.165, 1.54) is 24.3 Å². The number of anilines is 3. The Bertz CT molecular complexity index is 1290. The molecule has 4 rings (SSSR count). The predicted molar refractivity (Wildman–Crippen MR) is 125 cm³/mol. The Hall–Kier alpha value is -3.33. The number of hydrogen-bond donors (Lipinski definition) is 3. The summed E-state index contributed by atoms with van der Waals surface area (Å²) in [7, 11) is -4.07. The SMILES string of the molecule is CCC(=O)Nc1ccc(S(=O)(=O)Nc2c(NC3CCCC3)c3ccccc3oc2=O)cc1. The molecule has 1 saturated carbocycles. The summed E-state index contributed by atoms with van der Waals surface area (Å²) in [5.41, 5.74) is 0.402. The summed E-state index contributed by atoms with van der Waals surface area (Å²) in [6.45, 7) is 1.73. The van der Waals surface area contributed by atoms with Crippen LogP contribution in [0, 0.1) is 0 Å². The van der Waals surface area contributed by atoms with Gasteiger partial charge in [0, 0.05) is 23.5 Å². The van der Waals surface area contributed by atoms with Crippen molar-refractivity contribution >= 4 is 44.0 Å². The van der Waals surface area contributed by atoms with Crippen LogP contribution in [-0.4, -0.2) is 20.4 Å². The summed E-state index contributed by atoms with van der Waals surface area (Å²) < 4.78 is 33.9. The van der Waals surface area contributed by atoms with Crippen molar-refractivity contribution in [3.8, 4) is 0 Å². The second-order valence-electron chi connectivity index (χ2n) is 7.79. The number of fused-ring (bicyclic) bond motifs is 1. The molecule has 0 unspecified atom stereocenters. The van der Waals surface area contributed by atoms with Gasteiger partial charge >= 0.3 is 5.63 Å². The number of nitrogens with one attached hydrogen (secondary N) is 3. The molecule has 1 heterocycles. The molecule has 1 amide bonds. The van der Waals surface area contributed by atoms with Crippen molar-refractivity contribution in [2.24, 2.45) is 0 Å². The predicted octanol–water partition coefficient (Wildman–Crippen LogP) is 4.30. The van der Waals surface area contributed by atoms with Crippen molar-refractivity contribution in [3.63, 3.8) is 0 Å². The Labute approximate surface area is 186 Å². The van der Waals surface area contributed by atoms with Gasteiger partial charge in [-0.15, -0.1) is 0 Å². The molecule has 0 bridgehead atoms. The van der Waals surface area contributed by atoms with Crippen molar-refractivity contribution in [3.05, 3.63) is 59.0 Å². The Morgan fingerprint density at radius 2 is 1.72 bits per heavy atom. The first-order chi connectivity index (χ1) is 15.4. The van der Waals surface area contributed by atoms with Crippen LogP contribution in [0.2, 0.25) is 0 Å². The highest BCUT2D eigenvalue weighted by Crippen LogP contribution is 2.33. The maximum atomic E-state index is 13.1. The van der Waals surface area contributed by atoms with Crippen LogP contribution in [-0.2, 0) is 14.8 Å². The molecule has 168 valence electrons. The summed E-state index contributed by atoms with van der Waals surface area (Å²) in [5, 5.41) is 6.67. The fourth-order valence-electron chi connectivity index (χ4n) is 3.83. The maximum absolute atomic E-state index is 13.1. The third-order valence-electron chi connectivity index (χ3n) is 5.52. The quantitative estimate of drug-likeness (QED) is 0.457. The van der Waals surface area contributed by atoms with Gasteiger partial charge in [-0.05, 0) is 49.2 Å². The van der Waals surface area contributed by atoms with Crippen LogP contribution < -0.4 is 21.0 Å². The number of amides is 1. The highest BCUT2D eigenvalue weighted by atomic mass is 32.2. The molecule has 1 aliphatic carbocycles. The van der Waals surface area contributed by atoms with Crippen LogP contribution in [0.15, 0.2) is 62.6 Å². The Morgan fingerprint density at radius 1 is 1.03 bits per heavy atom. The molecule has 1 fully saturated rings. The van der Waals surface area contributed by atoms with E-state index in [-0.39, 0.29) is 22.5 Å². The molecule has 8 nitrogen and oxygen atoms in total. The van der Waals surface area contributed by atoms with Crippen LogP contribution in [0.25, 0.3) is 11.0 Å². The second-order valence-corrected chi connectivity index (χ2v) is 9.48. The zero-order valence-electron chi connectivity index (χ0n) is 17.7. The van der Waals surface area contributed by atoms with Gasteiger partial charge in [0.15, 0.2) is 5.69 Å². The van der Waals surface area contributed by atoms with Gasteiger partial charge in [-0.1, -0.05) is 31.9 Å². The second kappa shape index (κ2) is 9.04. The standard InChI is InChI=1S/C23H25N3O5S/c1-2-20(27)24-16-11-13-17(14-12-16)32(29,30)26-22-21(25-15-7-3-4-8-15)18-9-5-6-10-19(18)31-23(22)28/h5-6,9-15,25-26H,2-4,7-8H2,1H3,(H,24,27). The molecular formula is C23H25N3O5S.